The molecule has 4 rings (SSSR count). The molecule has 0 aliphatic carbocycles. The van der Waals surface area contributed by atoms with Crippen LogP contribution in [-0.2, 0) is 17.8 Å². The third kappa shape index (κ3) is 3.52. The van der Waals surface area contributed by atoms with Crippen molar-refractivity contribution in [2.45, 2.75) is 44.2 Å². The predicted octanol–water partition coefficient (Wildman–Crippen LogP) is 1.37. The highest BCUT2D eigenvalue weighted by Gasteiger charge is 2.51. The summed E-state index contributed by atoms with van der Waals surface area (Å²) < 4.78 is 5.16. The number of amides is 2. The van der Waals surface area contributed by atoms with Crippen molar-refractivity contribution >= 4 is 11.8 Å². The maximum absolute atomic E-state index is 13.4. The molecule has 2 aliphatic rings. The molecule has 2 aromatic rings. The molecule has 28 heavy (non-hydrogen) atoms. The topological polar surface area (TPSA) is 106 Å². The fourth-order valence-corrected chi connectivity index (χ4v) is 4.46. The minimum Gasteiger partial charge on any atom is -0.363 e. The van der Waals surface area contributed by atoms with Crippen LogP contribution in [0.1, 0.15) is 47.8 Å². The summed E-state index contributed by atoms with van der Waals surface area (Å²) in [6.07, 6.45) is 4.46. The Balaban J connectivity index is 1.46. The second kappa shape index (κ2) is 7.71. The number of rotatable bonds is 6. The largest absolute Gasteiger partial charge is 0.363 e. The Labute approximate surface area is 163 Å². The molecule has 2 fully saturated rings. The standard InChI is InChI=1S/C20H25N5O3/c21-17(26)18-22-16(28-23-18)14-25-12-5-10-20(25)9-4-11-24(19(20)27)13-8-15-6-2-1-3-7-15/h1-3,6-7H,4-5,8-14H2,(H2,21,26). The molecule has 1 aromatic heterocycles. The number of carbonyl (C=O) groups is 2. The van der Waals surface area contributed by atoms with Crippen LogP contribution in [0.2, 0.25) is 0 Å². The van der Waals surface area contributed by atoms with Gasteiger partial charge in [-0.15, -0.1) is 0 Å². The Morgan fingerprint density at radius 1 is 1.18 bits per heavy atom. The Morgan fingerprint density at radius 3 is 2.64 bits per heavy atom. The molecule has 8 heteroatoms. The lowest BCUT2D eigenvalue weighted by Crippen LogP contribution is -2.59. The van der Waals surface area contributed by atoms with Gasteiger partial charge in [0.15, 0.2) is 0 Å². The van der Waals surface area contributed by atoms with E-state index in [2.05, 4.69) is 27.2 Å². The average molecular weight is 383 g/mol. The zero-order valence-electron chi connectivity index (χ0n) is 15.8. The van der Waals surface area contributed by atoms with Gasteiger partial charge in [-0.3, -0.25) is 14.5 Å². The molecule has 0 radical (unpaired) electrons. The van der Waals surface area contributed by atoms with Crippen LogP contribution in [0.5, 0.6) is 0 Å². The molecule has 2 aliphatic heterocycles. The van der Waals surface area contributed by atoms with Crippen molar-refractivity contribution in [1.82, 2.24) is 19.9 Å². The first-order valence-electron chi connectivity index (χ1n) is 9.79. The van der Waals surface area contributed by atoms with Crippen LogP contribution >= 0.6 is 0 Å². The summed E-state index contributed by atoms with van der Waals surface area (Å²) >= 11 is 0. The van der Waals surface area contributed by atoms with Gasteiger partial charge in [0.2, 0.25) is 11.8 Å². The smallest absolute Gasteiger partial charge is 0.290 e. The van der Waals surface area contributed by atoms with Gasteiger partial charge in [0, 0.05) is 13.1 Å². The van der Waals surface area contributed by atoms with Crippen molar-refractivity contribution in [3.05, 3.63) is 47.6 Å². The summed E-state index contributed by atoms with van der Waals surface area (Å²) in [7, 11) is 0. The lowest BCUT2D eigenvalue weighted by molar-refractivity contribution is -0.148. The molecule has 2 saturated heterocycles. The number of nitrogens with two attached hydrogens (primary N) is 1. The number of piperidine rings is 1. The Hall–Kier alpha value is -2.74. The van der Waals surface area contributed by atoms with Crippen LogP contribution in [-0.4, -0.2) is 56.9 Å². The van der Waals surface area contributed by atoms with E-state index in [0.29, 0.717) is 12.4 Å². The molecular formula is C20H25N5O3. The lowest BCUT2D eigenvalue weighted by Gasteiger charge is -2.44. The van der Waals surface area contributed by atoms with Crippen LogP contribution in [0.4, 0.5) is 0 Å². The summed E-state index contributed by atoms with van der Waals surface area (Å²) in [6, 6.07) is 10.2. The molecule has 148 valence electrons. The Bertz CT molecular complexity index is 853. The minimum atomic E-state index is -0.716. The number of nitrogens with zero attached hydrogens (tertiary/aromatic N) is 4. The molecule has 0 bridgehead atoms. The third-order valence-corrected chi connectivity index (χ3v) is 5.86. The molecule has 8 nitrogen and oxygen atoms in total. The van der Waals surface area contributed by atoms with Gasteiger partial charge < -0.3 is 15.2 Å². The van der Waals surface area contributed by atoms with Crippen LogP contribution in [0, 0.1) is 0 Å². The van der Waals surface area contributed by atoms with Crippen molar-refractivity contribution in [1.29, 1.82) is 0 Å². The van der Waals surface area contributed by atoms with E-state index in [0.717, 1.165) is 51.7 Å². The van der Waals surface area contributed by atoms with Crippen LogP contribution in [0.15, 0.2) is 34.9 Å². The van der Waals surface area contributed by atoms with E-state index in [4.69, 9.17) is 10.3 Å². The van der Waals surface area contributed by atoms with Crippen molar-refractivity contribution in [3.63, 3.8) is 0 Å². The van der Waals surface area contributed by atoms with E-state index >= 15 is 0 Å². The fourth-order valence-electron chi connectivity index (χ4n) is 4.46. The highest BCUT2D eigenvalue weighted by Crippen LogP contribution is 2.39. The quantitative estimate of drug-likeness (QED) is 0.808. The number of carbonyl (C=O) groups excluding carboxylic acids is 2. The first-order valence-corrected chi connectivity index (χ1v) is 9.79. The highest BCUT2D eigenvalue weighted by molar-refractivity contribution is 5.88. The second-order valence-electron chi connectivity index (χ2n) is 7.56. The van der Waals surface area contributed by atoms with Gasteiger partial charge >= 0.3 is 0 Å². The van der Waals surface area contributed by atoms with Gasteiger partial charge in [-0.05, 0) is 44.2 Å². The third-order valence-electron chi connectivity index (χ3n) is 5.86. The summed E-state index contributed by atoms with van der Waals surface area (Å²) in [4.78, 5) is 32.8. The second-order valence-corrected chi connectivity index (χ2v) is 7.56. The molecule has 2 N–H and O–H groups in total. The van der Waals surface area contributed by atoms with Crippen LogP contribution < -0.4 is 5.73 Å². The molecule has 1 spiro atoms. The van der Waals surface area contributed by atoms with Crippen LogP contribution in [0.25, 0.3) is 0 Å². The highest BCUT2D eigenvalue weighted by atomic mass is 16.5. The van der Waals surface area contributed by atoms with Crippen molar-refractivity contribution in [2.75, 3.05) is 19.6 Å². The minimum absolute atomic E-state index is 0.122. The summed E-state index contributed by atoms with van der Waals surface area (Å²) in [5.41, 5.74) is 5.93. The maximum Gasteiger partial charge on any atom is 0.290 e. The van der Waals surface area contributed by atoms with E-state index in [1.165, 1.54) is 5.56 Å². The number of benzene rings is 1. The van der Waals surface area contributed by atoms with Gasteiger partial charge in [-0.2, -0.15) is 4.98 Å². The molecule has 2 amide bonds. The van der Waals surface area contributed by atoms with Gasteiger partial charge in [0.1, 0.15) is 5.54 Å². The van der Waals surface area contributed by atoms with Gasteiger partial charge in [0.25, 0.3) is 11.7 Å². The number of hydrogen-bond acceptors (Lipinski definition) is 6. The summed E-state index contributed by atoms with van der Waals surface area (Å²) in [5.74, 6) is -0.319. The van der Waals surface area contributed by atoms with E-state index in [1.54, 1.807) is 0 Å². The average Bonchev–Trinajstić information content (AvgIpc) is 3.33. The molecule has 3 heterocycles. The summed E-state index contributed by atoms with van der Waals surface area (Å²) in [5, 5.41) is 3.61. The maximum atomic E-state index is 13.4. The van der Waals surface area contributed by atoms with Crippen molar-refractivity contribution in [3.8, 4) is 0 Å². The number of aromatic nitrogens is 2. The zero-order valence-corrected chi connectivity index (χ0v) is 15.8. The van der Waals surface area contributed by atoms with Gasteiger partial charge in [-0.25, -0.2) is 0 Å². The number of primary amides is 1. The predicted molar refractivity (Wildman–Crippen MR) is 101 cm³/mol. The number of hydrogen-bond donors (Lipinski definition) is 1. The normalized spacial score (nSPS) is 22.9. The molecule has 1 unspecified atom stereocenters. The van der Waals surface area contributed by atoms with E-state index in [9.17, 15) is 9.59 Å². The molecular weight excluding hydrogens is 358 g/mol. The first kappa shape index (κ1) is 18.6. The summed E-state index contributed by atoms with van der Waals surface area (Å²) in [6.45, 7) is 2.68. The molecule has 0 saturated carbocycles. The first-order chi connectivity index (χ1) is 13.6. The zero-order chi connectivity index (χ0) is 19.6. The fraction of sp³-hybridized carbons (Fsp3) is 0.500. The lowest BCUT2D eigenvalue weighted by atomic mass is 9.85. The van der Waals surface area contributed by atoms with Crippen molar-refractivity contribution in [2.24, 2.45) is 5.73 Å². The van der Waals surface area contributed by atoms with E-state index < -0.39 is 11.4 Å². The Kier molecular flexibility index (Phi) is 5.13. The van der Waals surface area contributed by atoms with Gasteiger partial charge in [-0.1, -0.05) is 35.5 Å². The van der Waals surface area contributed by atoms with Crippen molar-refractivity contribution < 1.29 is 14.1 Å². The van der Waals surface area contributed by atoms with E-state index in [1.807, 2.05) is 23.1 Å². The van der Waals surface area contributed by atoms with Crippen LogP contribution in [0.3, 0.4) is 0 Å². The van der Waals surface area contributed by atoms with E-state index in [-0.39, 0.29) is 11.7 Å². The SMILES string of the molecule is NC(=O)c1noc(CN2CCCC23CCCN(CCc2ccccc2)C3=O)n1. The molecule has 1 aromatic carbocycles. The molecule has 1 atom stereocenters. The Morgan fingerprint density at radius 2 is 1.93 bits per heavy atom. The number of likely N-dealkylation sites (tertiary alicyclic amines) is 2. The van der Waals surface area contributed by atoms with Gasteiger partial charge in [0.05, 0.1) is 6.54 Å². The monoisotopic (exact) mass is 383 g/mol.